The Morgan fingerprint density at radius 2 is 2.00 bits per heavy atom. The van der Waals surface area contributed by atoms with Crippen LogP contribution in [0, 0.1) is 17.2 Å². The molecule has 120 valence electrons. The van der Waals surface area contributed by atoms with Gasteiger partial charge in [0.2, 0.25) is 6.10 Å². The maximum atomic E-state index is 11.0. The fourth-order valence-corrected chi connectivity index (χ4v) is 2.12. The van der Waals surface area contributed by atoms with Gasteiger partial charge in [-0.05, 0) is 17.9 Å². The van der Waals surface area contributed by atoms with Crippen molar-refractivity contribution in [2.24, 2.45) is 5.92 Å². The highest BCUT2D eigenvalue weighted by Crippen LogP contribution is 2.15. The Kier molecular flexibility index (Phi) is 8.19. The van der Waals surface area contributed by atoms with Gasteiger partial charge in [-0.2, -0.15) is 5.26 Å². The van der Waals surface area contributed by atoms with E-state index in [0.717, 1.165) is 5.56 Å². The van der Waals surface area contributed by atoms with Gasteiger partial charge in [0.15, 0.2) is 0 Å². The molecule has 3 atom stereocenters. The standard InChI is InChI=1S/C17H23NO4/c1-13(11-21-12-15-7-5-4-6-8-15)9-16(20-3)17(10-18)22-14(2)19/h4-8,13,16-17H,9,11-12H2,1-3H3/t13?,16-,17-/m0/s1. The van der Waals surface area contributed by atoms with Gasteiger partial charge in [0.25, 0.3) is 0 Å². The Balaban J connectivity index is 2.39. The molecule has 0 saturated heterocycles. The molecule has 0 saturated carbocycles. The zero-order valence-electron chi connectivity index (χ0n) is 13.3. The zero-order valence-corrected chi connectivity index (χ0v) is 13.3. The quantitative estimate of drug-likeness (QED) is 0.656. The van der Waals surface area contributed by atoms with E-state index in [9.17, 15) is 4.79 Å². The summed E-state index contributed by atoms with van der Waals surface area (Å²) in [5, 5.41) is 9.08. The number of benzene rings is 1. The highest BCUT2D eigenvalue weighted by atomic mass is 16.6. The highest BCUT2D eigenvalue weighted by molar-refractivity contribution is 5.66. The van der Waals surface area contributed by atoms with Crippen molar-refractivity contribution < 1.29 is 19.0 Å². The van der Waals surface area contributed by atoms with Gasteiger partial charge >= 0.3 is 5.97 Å². The van der Waals surface area contributed by atoms with E-state index in [1.54, 1.807) is 0 Å². The second-order valence-corrected chi connectivity index (χ2v) is 5.27. The summed E-state index contributed by atoms with van der Waals surface area (Å²) in [7, 11) is 1.51. The third-order valence-electron chi connectivity index (χ3n) is 3.21. The molecule has 1 unspecified atom stereocenters. The predicted octanol–water partition coefficient (Wildman–Crippen LogP) is 2.70. The van der Waals surface area contributed by atoms with Crippen LogP contribution in [0.5, 0.6) is 0 Å². The summed E-state index contributed by atoms with van der Waals surface area (Å²) in [6, 6.07) is 11.9. The summed E-state index contributed by atoms with van der Waals surface area (Å²) in [4.78, 5) is 11.0. The Labute approximate surface area is 131 Å². The lowest BCUT2D eigenvalue weighted by molar-refractivity contribution is -0.150. The molecule has 0 N–H and O–H groups in total. The zero-order chi connectivity index (χ0) is 16.4. The third kappa shape index (κ3) is 6.70. The molecule has 0 spiro atoms. The van der Waals surface area contributed by atoms with E-state index in [1.165, 1.54) is 14.0 Å². The predicted molar refractivity (Wildman–Crippen MR) is 81.8 cm³/mol. The van der Waals surface area contributed by atoms with Crippen molar-refractivity contribution in [1.29, 1.82) is 5.26 Å². The monoisotopic (exact) mass is 305 g/mol. The molecule has 0 amide bonds. The molecule has 22 heavy (non-hydrogen) atoms. The van der Waals surface area contributed by atoms with Gasteiger partial charge < -0.3 is 14.2 Å². The molecule has 1 aromatic carbocycles. The van der Waals surface area contributed by atoms with Gasteiger partial charge in [-0.15, -0.1) is 0 Å². The molecule has 0 aliphatic carbocycles. The SMILES string of the molecule is CO[C@@H](CC(C)COCc1ccccc1)[C@H](C#N)OC(C)=O. The minimum Gasteiger partial charge on any atom is -0.444 e. The van der Waals surface area contributed by atoms with Crippen molar-refractivity contribution in [2.75, 3.05) is 13.7 Å². The molecular formula is C17H23NO4. The van der Waals surface area contributed by atoms with Crippen LogP contribution in [0.1, 0.15) is 25.8 Å². The molecule has 0 aliphatic heterocycles. The average molecular weight is 305 g/mol. The van der Waals surface area contributed by atoms with Crippen LogP contribution in [-0.4, -0.2) is 31.9 Å². The number of rotatable bonds is 9. The van der Waals surface area contributed by atoms with Gasteiger partial charge in [-0.3, -0.25) is 4.79 Å². The summed E-state index contributed by atoms with van der Waals surface area (Å²) in [6.07, 6.45) is -0.764. The van der Waals surface area contributed by atoms with Gasteiger partial charge in [0, 0.05) is 20.6 Å². The number of carbonyl (C=O) groups is 1. The van der Waals surface area contributed by atoms with E-state index in [2.05, 4.69) is 0 Å². The van der Waals surface area contributed by atoms with Crippen molar-refractivity contribution in [1.82, 2.24) is 0 Å². The van der Waals surface area contributed by atoms with Crippen molar-refractivity contribution >= 4 is 5.97 Å². The third-order valence-corrected chi connectivity index (χ3v) is 3.21. The normalized spacial score (nSPS) is 14.6. The van der Waals surface area contributed by atoms with Crippen LogP contribution >= 0.6 is 0 Å². The number of carbonyl (C=O) groups excluding carboxylic acids is 1. The second kappa shape index (κ2) is 9.93. The van der Waals surface area contributed by atoms with Gasteiger partial charge in [0.1, 0.15) is 12.2 Å². The van der Waals surface area contributed by atoms with Crippen LogP contribution in [-0.2, 0) is 25.6 Å². The van der Waals surface area contributed by atoms with E-state index in [0.29, 0.717) is 19.6 Å². The van der Waals surface area contributed by atoms with Crippen molar-refractivity contribution in [3.8, 4) is 6.07 Å². The lowest BCUT2D eigenvalue weighted by Crippen LogP contribution is -2.33. The fraction of sp³-hybridized carbons (Fsp3) is 0.529. The minimum absolute atomic E-state index is 0.181. The minimum atomic E-state index is -0.890. The fourth-order valence-electron chi connectivity index (χ4n) is 2.12. The molecule has 0 heterocycles. The second-order valence-electron chi connectivity index (χ2n) is 5.27. The Morgan fingerprint density at radius 3 is 2.55 bits per heavy atom. The van der Waals surface area contributed by atoms with Crippen LogP contribution in [0.3, 0.4) is 0 Å². The van der Waals surface area contributed by atoms with Crippen LogP contribution in [0.15, 0.2) is 30.3 Å². The van der Waals surface area contributed by atoms with Crippen LogP contribution in [0.4, 0.5) is 0 Å². The van der Waals surface area contributed by atoms with E-state index >= 15 is 0 Å². The maximum absolute atomic E-state index is 11.0. The van der Waals surface area contributed by atoms with Crippen molar-refractivity contribution in [2.45, 2.75) is 39.1 Å². The van der Waals surface area contributed by atoms with Crippen molar-refractivity contribution in [3.63, 3.8) is 0 Å². The molecule has 0 aromatic heterocycles. The largest absolute Gasteiger partial charge is 0.444 e. The topological polar surface area (TPSA) is 68.6 Å². The molecule has 0 bridgehead atoms. The summed E-state index contributed by atoms with van der Waals surface area (Å²) in [6.45, 7) is 4.39. The number of methoxy groups -OCH3 is 1. The summed E-state index contributed by atoms with van der Waals surface area (Å²) >= 11 is 0. The van der Waals surface area contributed by atoms with Crippen molar-refractivity contribution in [3.05, 3.63) is 35.9 Å². The molecule has 0 fully saturated rings. The van der Waals surface area contributed by atoms with E-state index in [-0.39, 0.29) is 5.92 Å². The smallest absolute Gasteiger partial charge is 0.304 e. The molecule has 0 radical (unpaired) electrons. The molecule has 1 aromatic rings. The summed E-state index contributed by atoms with van der Waals surface area (Å²) < 4.78 is 15.9. The Bertz CT molecular complexity index is 483. The Morgan fingerprint density at radius 1 is 1.32 bits per heavy atom. The Hall–Kier alpha value is -1.90. The van der Waals surface area contributed by atoms with E-state index in [4.69, 9.17) is 19.5 Å². The highest BCUT2D eigenvalue weighted by Gasteiger charge is 2.25. The number of nitriles is 1. The molecule has 0 aliphatic rings. The number of esters is 1. The first-order valence-electron chi connectivity index (χ1n) is 7.28. The maximum Gasteiger partial charge on any atom is 0.304 e. The summed E-state index contributed by atoms with van der Waals surface area (Å²) in [5.41, 5.74) is 1.12. The molecule has 5 nitrogen and oxygen atoms in total. The number of ether oxygens (including phenoxy) is 3. The van der Waals surface area contributed by atoms with E-state index < -0.39 is 18.2 Å². The lowest BCUT2D eigenvalue weighted by atomic mass is 10.0. The molecule has 1 rings (SSSR count). The first-order chi connectivity index (χ1) is 10.6. The first-order valence-corrected chi connectivity index (χ1v) is 7.28. The lowest BCUT2D eigenvalue weighted by Gasteiger charge is -2.23. The van der Waals surface area contributed by atoms with Crippen LogP contribution in [0.2, 0.25) is 0 Å². The van der Waals surface area contributed by atoms with Gasteiger partial charge in [-0.25, -0.2) is 0 Å². The molecule has 5 heteroatoms. The molecular weight excluding hydrogens is 282 g/mol. The van der Waals surface area contributed by atoms with Crippen LogP contribution < -0.4 is 0 Å². The average Bonchev–Trinajstić information content (AvgIpc) is 2.51. The van der Waals surface area contributed by atoms with Gasteiger partial charge in [-0.1, -0.05) is 37.3 Å². The first kappa shape index (κ1) is 18.1. The van der Waals surface area contributed by atoms with Gasteiger partial charge in [0.05, 0.1) is 6.61 Å². The van der Waals surface area contributed by atoms with Crippen LogP contribution in [0.25, 0.3) is 0 Å². The van der Waals surface area contributed by atoms with E-state index in [1.807, 2.05) is 43.3 Å². The summed E-state index contributed by atoms with van der Waals surface area (Å²) in [5.74, 6) is -0.304. The number of hydrogen-bond donors (Lipinski definition) is 0. The number of nitrogens with zero attached hydrogens (tertiary/aromatic N) is 1. The number of hydrogen-bond acceptors (Lipinski definition) is 5.